The number of H-pyrrole nitrogens is 1. The van der Waals surface area contributed by atoms with Gasteiger partial charge in [-0.2, -0.15) is 0 Å². The monoisotopic (exact) mass is 306 g/mol. The maximum atomic E-state index is 12.6. The van der Waals surface area contributed by atoms with E-state index in [0.717, 1.165) is 29.5 Å². The van der Waals surface area contributed by atoms with Crippen LogP contribution in [0.15, 0.2) is 4.79 Å². The minimum atomic E-state index is 0.0357. The number of rotatable bonds is 0. The lowest BCUT2D eigenvalue weighted by Gasteiger charge is -2.17. The van der Waals surface area contributed by atoms with Gasteiger partial charge in [0.25, 0.3) is 5.56 Å². The molecule has 1 atom stereocenters. The predicted molar refractivity (Wildman–Crippen MR) is 82.2 cm³/mol. The van der Waals surface area contributed by atoms with Gasteiger partial charge in [0.15, 0.2) is 0 Å². The van der Waals surface area contributed by atoms with Crippen LogP contribution in [0.4, 0.5) is 0 Å². The van der Waals surface area contributed by atoms with Gasteiger partial charge in [-0.25, -0.2) is 9.50 Å². The van der Waals surface area contributed by atoms with Crippen LogP contribution in [0.25, 0.3) is 16.0 Å². The standard InChI is InChI=1S/C13H14N4OS2/c1-6-3-4-7-8(5-6)20-11-9(7)10(18)16(2)12-14-15-13(19)17(11)12/h6H,3-5H2,1-2H3,(H,15,19)/t6-/m1/s1. The highest BCUT2D eigenvalue weighted by Crippen LogP contribution is 2.36. The second-order valence-electron chi connectivity index (χ2n) is 5.56. The average Bonchev–Trinajstić information content (AvgIpc) is 2.96. The van der Waals surface area contributed by atoms with Crippen LogP contribution in [0.1, 0.15) is 23.8 Å². The number of hydrogen-bond donors (Lipinski definition) is 1. The molecule has 4 rings (SSSR count). The third-order valence-electron chi connectivity index (χ3n) is 4.17. The van der Waals surface area contributed by atoms with Crippen molar-refractivity contribution >= 4 is 39.5 Å². The molecule has 1 aliphatic rings. The van der Waals surface area contributed by atoms with E-state index in [0.29, 0.717) is 16.5 Å². The molecule has 0 aliphatic heterocycles. The van der Waals surface area contributed by atoms with Crippen LogP contribution in [-0.4, -0.2) is 19.2 Å². The van der Waals surface area contributed by atoms with E-state index in [-0.39, 0.29) is 5.56 Å². The molecule has 3 heterocycles. The van der Waals surface area contributed by atoms with Gasteiger partial charge in [0.2, 0.25) is 10.5 Å². The van der Waals surface area contributed by atoms with Crippen molar-refractivity contribution in [3.05, 3.63) is 25.6 Å². The molecule has 0 spiro atoms. The molecule has 5 nitrogen and oxygen atoms in total. The Hall–Kier alpha value is -1.47. The van der Waals surface area contributed by atoms with E-state index >= 15 is 0 Å². The largest absolute Gasteiger partial charge is 0.279 e. The molecule has 3 aromatic rings. The first kappa shape index (κ1) is 12.3. The minimum absolute atomic E-state index is 0.0357. The number of thiophene rings is 1. The zero-order chi connectivity index (χ0) is 14.0. The number of aromatic amines is 1. The average molecular weight is 306 g/mol. The van der Waals surface area contributed by atoms with Gasteiger partial charge in [0.05, 0.1) is 5.39 Å². The smallest absolute Gasteiger partial charge is 0.263 e. The molecule has 0 amide bonds. The zero-order valence-electron chi connectivity index (χ0n) is 11.3. The lowest BCUT2D eigenvalue weighted by Crippen LogP contribution is -2.21. The summed E-state index contributed by atoms with van der Waals surface area (Å²) in [6.45, 7) is 2.27. The lowest BCUT2D eigenvalue weighted by atomic mass is 9.89. The topological polar surface area (TPSA) is 55.1 Å². The van der Waals surface area contributed by atoms with E-state index in [4.69, 9.17) is 12.2 Å². The lowest BCUT2D eigenvalue weighted by molar-refractivity contribution is 0.509. The molecule has 0 saturated carbocycles. The van der Waals surface area contributed by atoms with Gasteiger partial charge in [0.1, 0.15) is 4.83 Å². The molecule has 3 aromatic heterocycles. The quantitative estimate of drug-likeness (QED) is 0.649. The first-order valence-electron chi connectivity index (χ1n) is 6.68. The van der Waals surface area contributed by atoms with E-state index in [1.807, 2.05) is 4.40 Å². The van der Waals surface area contributed by atoms with Crippen LogP contribution in [0, 0.1) is 10.7 Å². The highest BCUT2D eigenvalue weighted by molar-refractivity contribution is 7.71. The van der Waals surface area contributed by atoms with Gasteiger partial charge in [-0.1, -0.05) is 6.92 Å². The number of aromatic nitrogens is 4. The van der Waals surface area contributed by atoms with E-state index < -0.39 is 0 Å². The molecule has 0 radical (unpaired) electrons. The molecular formula is C13H14N4OS2. The zero-order valence-corrected chi connectivity index (χ0v) is 12.9. The molecule has 0 fully saturated rings. The van der Waals surface area contributed by atoms with Crippen molar-refractivity contribution in [2.45, 2.75) is 26.2 Å². The normalized spacial score (nSPS) is 18.8. The molecule has 1 aliphatic carbocycles. The molecule has 104 valence electrons. The predicted octanol–water partition coefficient (Wildman–Crippen LogP) is 2.43. The van der Waals surface area contributed by atoms with E-state index in [1.165, 1.54) is 10.4 Å². The van der Waals surface area contributed by atoms with Crippen molar-refractivity contribution < 1.29 is 0 Å². The van der Waals surface area contributed by atoms with Crippen molar-refractivity contribution in [1.29, 1.82) is 0 Å². The number of nitrogens with one attached hydrogen (secondary N) is 1. The highest BCUT2D eigenvalue weighted by atomic mass is 32.1. The first-order valence-corrected chi connectivity index (χ1v) is 7.90. The summed E-state index contributed by atoms with van der Waals surface area (Å²) in [5, 5.41) is 7.79. The fourth-order valence-electron chi connectivity index (χ4n) is 3.07. The summed E-state index contributed by atoms with van der Waals surface area (Å²) in [5.74, 6) is 1.27. The Morgan fingerprint density at radius 3 is 3.10 bits per heavy atom. The minimum Gasteiger partial charge on any atom is -0.279 e. The third-order valence-corrected chi connectivity index (χ3v) is 5.68. The molecular weight excluding hydrogens is 292 g/mol. The van der Waals surface area contributed by atoms with Gasteiger partial charge in [0, 0.05) is 11.9 Å². The summed E-state index contributed by atoms with van der Waals surface area (Å²) in [6.07, 6.45) is 3.20. The Morgan fingerprint density at radius 2 is 2.30 bits per heavy atom. The number of fused-ring (bicyclic) bond motifs is 5. The molecule has 20 heavy (non-hydrogen) atoms. The maximum Gasteiger partial charge on any atom is 0.263 e. The van der Waals surface area contributed by atoms with Crippen LogP contribution < -0.4 is 5.56 Å². The molecule has 1 N–H and O–H groups in total. The molecule has 0 unspecified atom stereocenters. The summed E-state index contributed by atoms with van der Waals surface area (Å²) in [6, 6.07) is 0. The summed E-state index contributed by atoms with van der Waals surface area (Å²) >= 11 is 7.02. The highest BCUT2D eigenvalue weighted by Gasteiger charge is 2.24. The van der Waals surface area contributed by atoms with Crippen molar-refractivity contribution in [3.8, 4) is 0 Å². The van der Waals surface area contributed by atoms with E-state index in [2.05, 4.69) is 17.1 Å². The van der Waals surface area contributed by atoms with Crippen LogP contribution in [0.2, 0.25) is 0 Å². The van der Waals surface area contributed by atoms with Gasteiger partial charge >= 0.3 is 0 Å². The summed E-state index contributed by atoms with van der Waals surface area (Å²) in [7, 11) is 1.75. The van der Waals surface area contributed by atoms with Crippen LogP contribution in [0.3, 0.4) is 0 Å². The Labute approximate surface area is 123 Å². The van der Waals surface area contributed by atoms with Crippen molar-refractivity contribution in [2.24, 2.45) is 13.0 Å². The van der Waals surface area contributed by atoms with Gasteiger partial charge in [-0.15, -0.1) is 16.4 Å². The Morgan fingerprint density at radius 1 is 1.50 bits per heavy atom. The van der Waals surface area contributed by atoms with Crippen LogP contribution >= 0.6 is 23.6 Å². The summed E-state index contributed by atoms with van der Waals surface area (Å²) < 4.78 is 4.02. The number of aryl methyl sites for hydroxylation is 2. The van der Waals surface area contributed by atoms with E-state index in [9.17, 15) is 4.79 Å². The second-order valence-corrected chi connectivity index (χ2v) is 7.03. The number of hydrogen-bond acceptors (Lipinski definition) is 4. The van der Waals surface area contributed by atoms with Crippen LogP contribution in [-0.2, 0) is 19.9 Å². The molecule has 0 bridgehead atoms. The second kappa shape index (κ2) is 4.02. The third kappa shape index (κ3) is 1.44. The Balaban J connectivity index is 2.27. The Kier molecular flexibility index (Phi) is 2.47. The van der Waals surface area contributed by atoms with Gasteiger partial charge in [-0.3, -0.25) is 9.36 Å². The maximum absolute atomic E-state index is 12.6. The van der Waals surface area contributed by atoms with Crippen molar-refractivity contribution in [1.82, 2.24) is 19.2 Å². The number of nitrogens with zero attached hydrogens (tertiary/aromatic N) is 3. The summed E-state index contributed by atoms with van der Waals surface area (Å²) in [5.41, 5.74) is 1.27. The molecule has 0 saturated heterocycles. The van der Waals surface area contributed by atoms with Gasteiger partial charge in [-0.05, 0) is 43.0 Å². The summed E-state index contributed by atoms with van der Waals surface area (Å²) in [4.78, 5) is 14.9. The fraction of sp³-hybridized carbons (Fsp3) is 0.462. The fourth-order valence-corrected chi connectivity index (χ4v) is 4.85. The van der Waals surface area contributed by atoms with Crippen molar-refractivity contribution in [3.63, 3.8) is 0 Å². The molecule has 7 heteroatoms. The Bertz CT molecular complexity index is 959. The SMILES string of the molecule is C[C@@H]1CCc2c(sc3c2c(=O)n(C)c2n[nH]c(=S)n32)C1. The molecule has 0 aromatic carbocycles. The van der Waals surface area contributed by atoms with Crippen LogP contribution in [0.5, 0.6) is 0 Å². The van der Waals surface area contributed by atoms with Crippen molar-refractivity contribution in [2.75, 3.05) is 0 Å². The first-order chi connectivity index (χ1) is 9.58. The van der Waals surface area contributed by atoms with E-state index in [1.54, 1.807) is 23.0 Å². The van der Waals surface area contributed by atoms with Gasteiger partial charge < -0.3 is 0 Å².